The van der Waals surface area contributed by atoms with Crippen molar-refractivity contribution in [1.82, 2.24) is 24.1 Å². The number of benzene rings is 5. The van der Waals surface area contributed by atoms with Gasteiger partial charge in [0.1, 0.15) is 0 Å². The zero-order valence-corrected chi connectivity index (χ0v) is 23.9. The predicted octanol–water partition coefficient (Wildman–Crippen LogP) is 9.21. The molecule has 8 aromatic rings. The smallest absolute Gasteiger partial charge is 0.238 e. The third kappa shape index (κ3) is 3.76. The van der Waals surface area contributed by atoms with E-state index in [9.17, 15) is 0 Å². The summed E-state index contributed by atoms with van der Waals surface area (Å²) >= 11 is 0. The number of hydrogen-bond donors (Lipinski definition) is 0. The van der Waals surface area contributed by atoms with E-state index >= 15 is 0 Å². The van der Waals surface area contributed by atoms with Gasteiger partial charge in [-0.1, -0.05) is 121 Å². The first-order valence-electron chi connectivity index (χ1n) is 15.0. The first-order chi connectivity index (χ1) is 21.8. The minimum atomic E-state index is 0.603. The van der Waals surface area contributed by atoms with E-state index in [1.165, 1.54) is 32.9 Å². The van der Waals surface area contributed by atoms with E-state index in [0.29, 0.717) is 17.6 Å². The molecule has 0 aliphatic heterocycles. The van der Waals surface area contributed by atoms with Crippen molar-refractivity contribution in [3.63, 3.8) is 0 Å². The summed E-state index contributed by atoms with van der Waals surface area (Å²) in [6.07, 6.45) is 6.60. The highest BCUT2D eigenvalue weighted by Gasteiger charge is 2.25. The van der Waals surface area contributed by atoms with Gasteiger partial charge in [0, 0.05) is 44.2 Å². The molecule has 44 heavy (non-hydrogen) atoms. The van der Waals surface area contributed by atoms with Crippen LogP contribution in [0.15, 0.2) is 133 Å². The van der Waals surface area contributed by atoms with Gasteiger partial charge in [-0.2, -0.15) is 9.97 Å². The highest BCUT2D eigenvalue weighted by Crippen LogP contribution is 2.42. The predicted molar refractivity (Wildman–Crippen MR) is 179 cm³/mol. The molecule has 1 aliphatic carbocycles. The Bertz CT molecular complexity index is 2310. The Hall–Kier alpha value is -5.81. The normalized spacial score (nSPS) is 12.7. The Balaban J connectivity index is 1.46. The maximum atomic E-state index is 5.18. The third-order valence-electron chi connectivity index (χ3n) is 8.64. The molecule has 5 nitrogen and oxygen atoms in total. The molecule has 0 spiro atoms. The number of rotatable bonds is 4. The molecule has 3 aromatic heterocycles. The molecule has 0 N–H and O–H groups in total. The van der Waals surface area contributed by atoms with Gasteiger partial charge in [-0.15, -0.1) is 0 Å². The Morgan fingerprint density at radius 2 is 1.09 bits per heavy atom. The second-order valence-corrected chi connectivity index (χ2v) is 11.2. The van der Waals surface area contributed by atoms with Gasteiger partial charge in [0.2, 0.25) is 5.95 Å². The van der Waals surface area contributed by atoms with Crippen molar-refractivity contribution >= 4 is 38.8 Å². The van der Waals surface area contributed by atoms with Crippen LogP contribution in [0.2, 0.25) is 0 Å². The largest absolute Gasteiger partial charge is 0.311 e. The molecule has 208 valence electrons. The molecule has 0 saturated heterocycles. The zero-order valence-electron chi connectivity index (χ0n) is 23.9. The van der Waals surface area contributed by atoms with Crippen molar-refractivity contribution in [2.75, 3.05) is 0 Å². The quantitative estimate of drug-likeness (QED) is 0.214. The van der Waals surface area contributed by atoms with E-state index in [1.54, 1.807) is 0 Å². The Labute approximate surface area is 254 Å². The molecule has 0 amide bonds. The van der Waals surface area contributed by atoms with Gasteiger partial charge in [-0.05, 0) is 31.0 Å². The molecular formula is C39H27N5. The van der Waals surface area contributed by atoms with E-state index in [1.807, 2.05) is 36.4 Å². The van der Waals surface area contributed by atoms with Crippen LogP contribution in [-0.4, -0.2) is 24.1 Å². The van der Waals surface area contributed by atoms with Crippen molar-refractivity contribution in [1.29, 1.82) is 0 Å². The monoisotopic (exact) mass is 565 g/mol. The summed E-state index contributed by atoms with van der Waals surface area (Å²) < 4.78 is 4.71. The fourth-order valence-corrected chi connectivity index (χ4v) is 6.72. The average molecular weight is 566 g/mol. The first-order valence-corrected chi connectivity index (χ1v) is 15.0. The Kier molecular flexibility index (Phi) is 5.56. The lowest BCUT2D eigenvalue weighted by molar-refractivity contribution is 0.887. The number of para-hydroxylation sites is 2. The molecule has 1 aliphatic rings. The van der Waals surface area contributed by atoms with Gasteiger partial charge >= 0.3 is 0 Å². The summed E-state index contributed by atoms with van der Waals surface area (Å²) in [5, 5.41) is 3.57. The highest BCUT2D eigenvalue weighted by atomic mass is 15.2. The lowest BCUT2D eigenvalue weighted by atomic mass is 10.0. The van der Waals surface area contributed by atoms with E-state index in [4.69, 9.17) is 15.0 Å². The maximum Gasteiger partial charge on any atom is 0.238 e. The number of fused-ring (bicyclic) bond motifs is 7. The van der Waals surface area contributed by atoms with Crippen LogP contribution in [0, 0.1) is 0 Å². The van der Waals surface area contributed by atoms with Gasteiger partial charge < -0.3 is 4.57 Å². The number of aromatic nitrogens is 5. The van der Waals surface area contributed by atoms with Crippen LogP contribution in [0.25, 0.3) is 73.2 Å². The van der Waals surface area contributed by atoms with E-state index < -0.39 is 0 Å². The summed E-state index contributed by atoms with van der Waals surface area (Å²) in [6.45, 7) is 0. The minimum Gasteiger partial charge on any atom is -0.311 e. The number of allylic oxidation sites excluding steroid dienone is 1. The molecule has 0 fully saturated rings. The molecule has 0 saturated carbocycles. The SMILES string of the molecule is C1=Cc2c(n(-c3ccccc3)c3c2ccc2c4ccccc4n(-c4nc(-c5ccccc5)nc(-c5ccccc5)n4)c23)CC1. The van der Waals surface area contributed by atoms with Crippen LogP contribution in [0.4, 0.5) is 0 Å². The summed E-state index contributed by atoms with van der Waals surface area (Å²) in [5.74, 6) is 1.90. The molecule has 0 atom stereocenters. The van der Waals surface area contributed by atoms with E-state index in [0.717, 1.165) is 40.7 Å². The van der Waals surface area contributed by atoms with Crippen LogP contribution in [0.5, 0.6) is 0 Å². The lowest BCUT2D eigenvalue weighted by Gasteiger charge is -2.15. The Morgan fingerprint density at radius 3 is 1.80 bits per heavy atom. The van der Waals surface area contributed by atoms with Crippen LogP contribution in [-0.2, 0) is 6.42 Å². The van der Waals surface area contributed by atoms with E-state index in [-0.39, 0.29) is 0 Å². The van der Waals surface area contributed by atoms with Crippen molar-refractivity contribution in [3.05, 3.63) is 145 Å². The van der Waals surface area contributed by atoms with Gasteiger partial charge in [-0.25, -0.2) is 4.98 Å². The molecule has 5 heteroatoms. The maximum absolute atomic E-state index is 5.18. The first kappa shape index (κ1) is 24.8. The lowest BCUT2D eigenvalue weighted by Crippen LogP contribution is -2.07. The van der Waals surface area contributed by atoms with Gasteiger partial charge in [0.05, 0.1) is 16.6 Å². The van der Waals surface area contributed by atoms with Gasteiger partial charge in [0.15, 0.2) is 11.6 Å². The van der Waals surface area contributed by atoms with Gasteiger partial charge in [-0.3, -0.25) is 4.57 Å². The van der Waals surface area contributed by atoms with E-state index in [2.05, 4.69) is 112 Å². The molecule has 0 unspecified atom stereocenters. The van der Waals surface area contributed by atoms with Crippen LogP contribution >= 0.6 is 0 Å². The molecular weight excluding hydrogens is 538 g/mol. The van der Waals surface area contributed by atoms with Gasteiger partial charge in [0.25, 0.3) is 0 Å². The second kappa shape index (κ2) is 9.89. The van der Waals surface area contributed by atoms with Crippen molar-refractivity contribution in [3.8, 4) is 34.4 Å². The van der Waals surface area contributed by atoms with Crippen molar-refractivity contribution < 1.29 is 0 Å². The van der Waals surface area contributed by atoms with Crippen molar-refractivity contribution in [2.45, 2.75) is 12.8 Å². The van der Waals surface area contributed by atoms with Crippen molar-refractivity contribution in [2.24, 2.45) is 0 Å². The highest BCUT2D eigenvalue weighted by molar-refractivity contribution is 6.19. The van der Waals surface area contributed by atoms with Crippen LogP contribution < -0.4 is 0 Å². The topological polar surface area (TPSA) is 48.5 Å². The molecule has 0 bridgehead atoms. The van der Waals surface area contributed by atoms with Crippen LogP contribution in [0.1, 0.15) is 17.7 Å². The molecule has 5 aromatic carbocycles. The second-order valence-electron chi connectivity index (χ2n) is 11.2. The summed E-state index contributed by atoms with van der Waals surface area (Å²) in [5.41, 5.74) is 9.02. The molecule has 9 rings (SSSR count). The average Bonchev–Trinajstić information content (AvgIpc) is 3.62. The van der Waals surface area contributed by atoms with Crippen LogP contribution in [0.3, 0.4) is 0 Å². The summed E-state index contributed by atoms with van der Waals surface area (Å²) in [4.78, 5) is 15.3. The summed E-state index contributed by atoms with van der Waals surface area (Å²) in [6, 6.07) is 44.2. The number of nitrogens with zero attached hydrogens (tertiary/aromatic N) is 5. The fourth-order valence-electron chi connectivity index (χ4n) is 6.72. The number of hydrogen-bond acceptors (Lipinski definition) is 3. The fraction of sp³-hybridized carbons (Fsp3) is 0.0513. The molecule has 3 heterocycles. The third-order valence-corrected chi connectivity index (χ3v) is 8.64. The minimum absolute atomic E-state index is 0.603. The Morgan fingerprint density at radius 1 is 0.500 bits per heavy atom. The zero-order chi connectivity index (χ0) is 29.0. The summed E-state index contributed by atoms with van der Waals surface area (Å²) in [7, 11) is 0. The molecule has 0 radical (unpaired) electrons. The standard InChI is InChI=1S/C39H27N5/c1-4-14-26(15-5-1)37-40-38(27-16-6-2-7-17-27)42-39(41-37)44-34-23-13-11-21-30(34)32-25-24-31-29-20-10-12-22-33(29)43(35(31)36(32)44)28-18-8-3-9-19-28/h1-11,13-21,23-25H,12,22H2.